The Bertz CT molecular complexity index is 1320. The molecule has 0 unspecified atom stereocenters. The van der Waals surface area contributed by atoms with Crippen molar-refractivity contribution in [1.29, 1.82) is 0 Å². The van der Waals surface area contributed by atoms with Gasteiger partial charge in [0.25, 0.3) is 10.0 Å². The number of thiazole rings is 1. The van der Waals surface area contributed by atoms with Gasteiger partial charge in [-0.1, -0.05) is 25.6 Å². The van der Waals surface area contributed by atoms with Gasteiger partial charge in [-0.3, -0.25) is 4.72 Å². The molecule has 0 spiro atoms. The second-order valence-electron chi connectivity index (χ2n) is 6.96. The van der Waals surface area contributed by atoms with Crippen LogP contribution in [0, 0.1) is 6.92 Å². The number of hydrogen-bond acceptors (Lipinski definition) is 5. The van der Waals surface area contributed by atoms with Crippen LogP contribution < -0.4 is 4.72 Å². The highest BCUT2D eigenvalue weighted by atomic mass is 32.2. The zero-order valence-corrected chi connectivity index (χ0v) is 19.4. The number of rotatable bonds is 8. The predicted octanol–water partition coefficient (Wildman–Crippen LogP) is 6.91. The Balaban J connectivity index is 1.87. The van der Waals surface area contributed by atoms with Crippen molar-refractivity contribution >= 4 is 37.3 Å². The van der Waals surface area contributed by atoms with Crippen molar-refractivity contribution < 1.29 is 26.3 Å². The van der Waals surface area contributed by atoms with E-state index >= 15 is 0 Å². The van der Waals surface area contributed by atoms with Gasteiger partial charge in [0.1, 0.15) is 15.7 Å². The third-order valence-corrected chi connectivity index (χ3v) is 6.83. The maximum atomic E-state index is 12.9. The summed E-state index contributed by atoms with van der Waals surface area (Å²) in [5.74, 6) is -0.821. The van der Waals surface area contributed by atoms with Gasteiger partial charge < -0.3 is 4.74 Å². The molecule has 174 valence electrons. The van der Waals surface area contributed by atoms with Gasteiger partial charge in [-0.05, 0) is 67.5 Å². The summed E-state index contributed by atoms with van der Waals surface area (Å²) in [6, 6.07) is 12.4. The highest BCUT2D eigenvalue weighted by molar-refractivity contribution is 7.96. The molecule has 0 saturated carbocycles. The van der Waals surface area contributed by atoms with E-state index in [1.807, 2.05) is 25.1 Å². The highest BCUT2D eigenvalue weighted by Crippen LogP contribution is 2.32. The second-order valence-corrected chi connectivity index (χ2v) is 9.65. The molecule has 0 aliphatic carbocycles. The molecule has 0 aliphatic heterocycles. The number of nitrogens with one attached hydrogen (secondary N) is 1. The van der Waals surface area contributed by atoms with Crippen LogP contribution in [-0.2, 0) is 14.8 Å². The highest BCUT2D eigenvalue weighted by Gasteiger charge is 2.35. The van der Waals surface area contributed by atoms with Crippen LogP contribution in [0.15, 0.2) is 77.9 Å². The SMILES string of the molecule is C=C/C=C(\C(=C/CC)OC(F)(F)F)S(=O)(=O)Nc1ccc(-c2nc3ccc(C)cc3s2)cc1. The summed E-state index contributed by atoms with van der Waals surface area (Å²) in [6.45, 7) is 6.95. The molecule has 0 fully saturated rings. The molecule has 1 N–H and O–H groups in total. The van der Waals surface area contributed by atoms with E-state index in [1.165, 1.54) is 23.5 Å². The summed E-state index contributed by atoms with van der Waals surface area (Å²) in [5.41, 5.74) is 2.94. The average molecular weight is 495 g/mol. The van der Waals surface area contributed by atoms with E-state index in [-0.39, 0.29) is 12.1 Å². The Kier molecular flexibility index (Phi) is 7.28. The van der Waals surface area contributed by atoms with Crippen LogP contribution in [0.25, 0.3) is 20.8 Å². The number of sulfonamides is 1. The lowest BCUT2D eigenvalue weighted by Crippen LogP contribution is -2.21. The lowest BCUT2D eigenvalue weighted by molar-refractivity contribution is -0.303. The molecule has 0 aliphatic rings. The fraction of sp³-hybridized carbons (Fsp3) is 0.174. The molecular weight excluding hydrogens is 473 g/mol. The number of hydrogen-bond donors (Lipinski definition) is 1. The first kappa shape index (κ1) is 24.5. The van der Waals surface area contributed by atoms with Gasteiger partial charge in [-0.15, -0.1) is 24.5 Å². The molecule has 3 aromatic rings. The number of fused-ring (bicyclic) bond motifs is 1. The molecule has 0 radical (unpaired) electrons. The first-order chi connectivity index (χ1) is 15.5. The Labute approximate surface area is 194 Å². The first-order valence-electron chi connectivity index (χ1n) is 9.82. The minimum atomic E-state index is -5.05. The fourth-order valence-corrected chi connectivity index (χ4v) is 5.25. The van der Waals surface area contributed by atoms with Crippen molar-refractivity contribution in [3.05, 3.63) is 83.5 Å². The number of halogens is 3. The van der Waals surface area contributed by atoms with E-state index in [1.54, 1.807) is 19.1 Å². The zero-order valence-electron chi connectivity index (χ0n) is 17.8. The number of benzene rings is 2. The smallest absolute Gasteiger partial charge is 0.405 e. The van der Waals surface area contributed by atoms with Crippen molar-refractivity contribution in [3.63, 3.8) is 0 Å². The Morgan fingerprint density at radius 1 is 1.21 bits per heavy atom. The molecule has 10 heteroatoms. The summed E-state index contributed by atoms with van der Waals surface area (Å²) < 4.78 is 71.5. The zero-order chi connectivity index (χ0) is 24.2. The minimum Gasteiger partial charge on any atom is -0.405 e. The number of alkyl halides is 3. The van der Waals surface area contributed by atoms with Gasteiger partial charge in [0, 0.05) is 11.3 Å². The Morgan fingerprint density at radius 3 is 2.52 bits per heavy atom. The van der Waals surface area contributed by atoms with Crippen LogP contribution in [0.3, 0.4) is 0 Å². The maximum absolute atomic E-state index is 12.9. The van der Waals surface area contributed by atoms with Crippen LogP contribution in [0.2, 0.25) is 0 Å². The van der Waals surface area contributed by atoms with Gasteiger partial charge in [0.2, 0.25) is 0 Å². The number of anilines is 1. The lowest BCUT2D eigenvalue weighted by Gasteiger charge is -2.17. The van der Waals surface area contributed by atoms with Crippen LogP contribution in [0.1, 0.15) is 18.9 Å². The molecule has 5 nitrogen and oxygen atoms in total. The third-order valence-electron chi connectivity index (χ3n) is 4.34. The van der Waals surface area contributed by atoms with E-state index in [9.17, 15) is 21.6 Å². The van der Waals surface area contributed by atoms with Crippen LogP contribution >= 0.6 is 11.3 Å². The summed E-state index contributed by atoms with van der Waals surface area (Å²) in [5, 5.41) is 0.768. The van der Waals surface area contributed by atoms with Gasteiger partial charge in [-0.2, -0.15) is 0 Å². The van der Waals surface area contributed by atoms with Crippen molar-refractivity contribution in [2.45, 2.75) is 26.6 Å². The van der Waals surface area contributed by atoms with Crippen LogP contribution in [-0.4, -0.2) is 19.8 Å². The summed E-state index contributed by atoms with van der Waals surface area (Å²) in [4.78, 5) is 3.91. The summed E-state index contributed by atoms with van der Waals surface area (Å²) >= 11 is 1.51. The lowest BCUT2D eigenvalue weighted by atomic mass is 10.2. The standard InChI is InChI=1S/C23H21F3N2O3S2/c1-4-6-19(31-23(24,25)26)21(7-5-2)33(29,30)28-17-11-9-16(10-12-17)22-27-18-13-8-15(3)14-20(18)32-22/h5-14,28H,2,4H2,1,3H3/b19-6+,21-7+. The molecule has 0 bridgehead atoms. The van der Waals surface area contributed by atoms with E-state index in [2.05, 4.69) is 21.0 Å². The molecule has 1 aromatic heterocycles. The second kappa shape index (κ2) is 9.80. The topological polar surface area (TPSA) is 68.3 Å². The average Bonchev–Trinajstić information content (AvgIpc) is 3.14. The number of allylic oxidation sites excluding steroid dienone is 3. The van der Waals surface area contributed by atoms with Crippen LogP contribution in [0.4, 0.5) is 18.9 Å². The number of aryl methyl sites for hydroxylation is 1. The van der Waals surface area contributed by atoms with Crippen molar-refractivity contribution in [2.24, 2.45) is 0 Å². The molecule has 1 heterocycles. The van der Waals surface area contributed by atoms with E-state index in [0.29, 0.717) is 0 Å². The molecule has 2 aromatic carbocycles. The fourth-order valence-electron chi connectivity index (χ4n) is 2.96. The number of nitrogens with zero attached hydrogens (tertiary/aromatic N) is 1. The quantitative estimate of drug-likeness (QED) is 0.273. The molecule has 0 saturated heterocycles. The Hall–Kier alpha value is -3.11. The van der Waals surface area contributed by atoms with Gasteiger partial charge >= 0.3 is 6.36 Å². The largest absolute Gasteiger partial charge is 0.573 e. The first-order valence-corrected chi connectivity index (χ1v) is 12.1. The van der Waals surface area contributed by atoms with Crippen molar-refractivity contribution in [2.75, 3.05) is 4.72 Å². The van der Waals surface area contributed by atoms with Crippen molar-refractivity contribution in [3.8, 4) is 10.6 Å². The van der Waals surface area contributed by atoms with E-state index < -0.39 is 27.0 Å². The van der Waals surface area contributed by atoms with E-state index in [0.717, 1.165) is 44.6 Å². The number of ether oxygens (including phenoxy) is 1. The molecular formula is C23H21F3N2O3S2. The van der Waals surface area contributed by atoms with Crippen molar-refractivity contribution in [1.82, 2.24) is 4.98 Å². The monoisotopic (exact) mass is 494 g/mol. The van der Waals surface area contributed by atoms with Gasteiger partial charge in [0.15, 0.2) is 0 Å². The van der Waals surface area contributed by atoms with Gasteiger partial charge in [-0.25, -0.2) is 13.4 Å². The van der Waals surface area contributed by atoms with Crippen LogP contribution in [0.5, 0.6) is 0 Å². The minimum absolute atomic E-state index is 0.131. The summed E-state index contributed by atoms with van der Waals surface area (Å²) in [6.07, 6.45) is -1.84. The normalized spacial score (nSPS) is 13.2. The molecule has 0 atom stereocenters. The number of aromatic nitrogens is 1. The summed E-state index contributed by atoms with van der Waals surface area (Å²) in [7, 11) is -4.40. The van der Waals surface area contributed by atoms with E-state index in [4.69, 9.17) is 0 Å². The maximum Gasteiger partial charge on any atom is 0.573 e. The predicted molar refractivity (Wildman–Crippen MR) is 126 cm³/mol. The molecule has 0 amide bonds. The molecule has 3 rings (SSSR count). The van der Waals surface area contributed by atoms with Gasteiger partial charge in [0.05, 0.1) is 10.2 Å². The molecule has 33 heavy (non-hydrogen) atoms. The Morgan fingerprint density at radius 2 is 1.91 bits per heavy atom. The third kappa shape index (κ3) is 6.23.